The van der Waals surface area contributed by atoms with Gasteiger partial charge in [-0.3, -0.25) is 0 Å². The summed E-state index contributed by atoms with van der Waals surface area (Å²) in [4.78, 5) is 0.895. The van der Waals surface area contributed by atoms with E-state index in [-0.39, 0.29) is 0 Å². The Morgan fingerprint density at radius 3 is 2.33 bits per heavy atom. The fourth-order valence-electron chi connectivity index (χ4n) is 1.44. The highest BCUT2D eigenvalue weighted by molar-refractivity contribution is 7.80. The van der Waals surface area contributed by atoms with Crippen LogP contribution in [0.4, 0.5) is 5.69 Å². The molecule has 0 aliphatic carbocycles. The monoisotopic (exact) mass is 221 g/mol. The van der Waals surface area contributed by atoms with E-state index in [9.17, 15) is 0 Å². The van der Waals surface area contributed by atoms with Crippen molar-refractivity contribution in [1.29, 1.82) is 0 Å². The molecular formula is C13H19NS. The molecule has 0 radical (unpaired) electrons. The van der Waals surface area contributed by atoms with Gasteiger partial charge in [0.1, 0.15) is 0 Å². The van der Waals surface area contributed by atoms with Crippen molar-refractivity contribution in [2.75, 3.05) is 5.32 Å². The van der Waals surface area contributed by atoms with Crippen LogP contribution in [0.25, 0.3) is 0 Å². The van der Waals surface area contributed by atoms with E-state index in [4.69, 9.17) is 12.2 Å². The van der Waals surface area contributed by atoms with E-state index < -0.39 is 0 Å². The first-order valence-electron chi connectivity index (χ1n) is 5.50. The molecule has 2 heteroatoms. The Morgan fingerprint density at radius 1 is 1.27 bits per heavy atom. The van der Waals surface area contributed by atoms with Gasteiger partial charge in [0.05, 0.1) is 4.99 Å². The van der Waals surface area contributed by atoms with Crippen LogP contribution in [-0.4, -0.2) is 4.99 Å². The van der Waals surface area contributed by atoms with Gasteiger partial charge in [-0.05, 0) is 36.5 Å². The van der Waals surface area contributed by atoms with Gasteiger partial charge in [0, 0.05) is 5.69 Å². The largest absolute Gasteiger partial charge is 0.350 e. The van der Waals surface area contributed by atoms with Gasteiger partial charge in [-0.25, -0.2) is 0 Å². The minimum atomic E-state index is 0.709. The van der Waals surface area contributed by atoms with Crippen LogP contribution in [0.5, 0.6) is 0 Å². The predicted octanol–water partition coefficient (Wildman–Crippen LogP) is 4.03. The molecule has 0 bridgehead atoms. The molecule has 15 heavy (non-hydrogen) atoms. The third-order valence-corrected chi connectivity index (χ3v) is 2.59. The Labute approximate surface area is 97.9 Å². The lowest BCUT2D eigenvalue weighted by atomic mass is 10.0. The maximum Gasteiger partial charge on any atom is 0.0794 e. The third-order valence-electron chi connectivity index (χ3n) is 2.20. The van der Waals surface area contributed by atoms with Crippen LogP contribution < -0.4 is 5.32 Å². The Morgan fingerprint density at radius 2 is 1.87 bits per heavy atom. The lowest BCUT2D eigenvalue weighted by molar-refractivity contribution is 0.647. The molecule has 0 saturated heterocycles. The Kier molecular flexibility index (Phi) is 4.76. The van der Waals surface area contributed by atoms with Gasteiger partial charge in [0.2, 0.25) is 0 Å². The quantitative estimate of drug-likeness (QED) is 0.770. The van der Waals surface area contributed by atoms with Gasteiger partial charge >= 0.3 is 0 Å². The molecule has 0 aliphatic rings. The molecule has 0 aliphatic heterocycles. The maximum atomic E-state index is 5.13. The van der Waals surface area contributed by atoms with E-state index in [0.717, 1.165) is 23.5 Å². The normalized spacial score (nSPS) is 10.4. The van der Waals surface area contributed by atoms with E-state index in [0.29, 0.717) is 5.92 Å². The van der Waals surface area contributed by atoms with Crippen molar-refractivity contribution in [2.24, 2.45) is 5.92 Å². The average Bonchev–Trinajstić information content (AvgIpc) is 2.20. The summed E-state index contributed by atoms with van der Waals surface area (Å²) in [5.74, 6) is 0.709. The second-order valence-electron chi connectivity index (χ2n) is 4.20. The number of hydrogen-bond acceptors (Lipinski definition) is 1. The van der Waals surface area contributed by atoms with Gasteiger partial charge in [0.15, 0.2) is 0 Å². The molecule has 0 heterocycles. The van der Waals surface area contributed by atoms with E-state index in [1.807, 2.05) is 0 Å². The van der Waals surface area contributed by atoms with Crippen LogP contribution in [0.1, 0.15) is 32.8 Å². The smallest absolute Gasteiger partial charge is 0.0794 e. The number of anilines is 1. The van der Waals surface area contributed by atoms with Crippen LogP contribution >= 0.6 is 12.2 Å². The predicted molar refractivity (Wildman–Crippen MR) is 71.5 cm³/mol. The highest BCUT2D eigenvalue weighted by atomic mass is 32.1. The first kappa shape index (κ1) is 12.2. The lowest BCUT2D eigenvalue weighted by Crippen LogP contribution is -2.06. The summed E-state index contributed by atoms with van der Waals surface area (Å²) in [6.07, 6.45) is 2.03. The highest BCUT2D eigenvalue weighted by Crippen LogP contribution is 2.13. The van der Waals surface area contributed by atoms with E-state index in [1.165, 1.54) is 5.56 Å². The molecular weight excluding hydrogens is 202 g/mol. The summed E-state index contributed by atoms with van der Waals surface area (Å²) in [6.45, 7) is 6.53. The SMILES string of the molecule is CCC(=S)Nc1ccc(CC(C)C)cc1. The number of rotatable bonds is 4. The van der Waals surface area contributed by atoms with Gasteiger partial charge in [0.25, 0.3) is 0 Å². The number of nitrogens with one attached hydrogen (secondary N) is 1. The van der Waals surface area contributed by atoms with Crippen LogP contribution in [0, 0.1) is 5.92 Å². The van der Waals surface area contributed by atoms with E-state index >= 15 is 0 Å². The molecule has 0 fully saturated rings. The van der Waals surface area contributed by atoms with Gasteiger partial charge < -0.3 is 5.32 Å². The number of hydrogen-bond donors (Lipinski definition) is 1. The zero-order valence-corrected chi connectivity index (χ0v) is 10.5. The first-order chi connectivity index (χ1) is 7.11. The second kappa shape index (κ2) is 5.86. The van der Waals surface area contributed by atoms with Crippen molar-refractivity contribution in [3.63, 3.8) is 0 Å². The summed E-state index contributed by atoms with van der Waals surface area (Å²) >= 11 is 5.13. The summed E-state index contributed by atoms with van der Waals surface area (Å²) < 4.78 is 0. The van der Waals surface area contributed by atoms with Gasteiger partial charge in [-0.2, -0.15) is 0 Å². The molecule has 82 valence electrons. The molecule has 1 rings (SSSR count). The van der Waals surface area contributed by atoms with Crippen LogP contribution in [0.15, 0.2) is 24.3 Å². The molecule has 0 saturated carbocycles. The topological polar surface area (TPSA) is 12.0 Å². The van der Waals surface area contributed by atoms with Crippen molar-refractivity contribution >= 4 is 22.9 Å². The van der Waals surface area contributed by atoms with Gasteiger partial charge in [-0.1, -0.05) is 45.1 Å². The molecule has 1 nitrogen and oxygen atoms in total. The third kappa shape index (κ3) is 4.43. The molecule has 1 N–H and O–H groups in total. The highest BCUT2D eigenvalue weighted by Gasteiger charge is 1.98. The Balaban J connectivity index is 2.60. The van der Waals surface area contributed by atoms with Crippen molar-refractivity contribution in [2.45, 2.75) is 33.6 Å². The van der Waals surface area contributed by atoms with Crippen molar-refractivity contribution in [3.8, 4) is 0 Å². The molecule has 1 aromatic rings. The maximum absolute atomic E-state index is 5.13. The van der Waals surface area contributed by atoms with Crippen LogP contribution in [0.2, 0.25) is 0 Å². The Bertz CT molecular complexity index is 314. The molecule has 1 aromatic carbocycles. The second-order valence-corrected chi connectivity index (χ2v) is 4.69. The average molecular weight is 221 g/mol. The van der Waals surface area contributed by atoms with Gasteiger partial charge in [-0.15, -0.1) is 0 Å². The zero-order chi connectivity index (χ0) is 11.3. The molecule has 0 unspecified atom stereocenters. The first-order valence-corrected chi connectivity index (χ1v) is 5.91. The minimum absolute atomic E-state index is 0.709. The van der Waals surface area contributed by atoms with Crippen molar-refractivity contribution in [1.82, 2.24) is 0 Å². The Hall–Kier alpha value is -0.890. The number of thiocarbonyl (C=S) groups is 1. The van der Waals surface area contributed by atoms with Crippen LogP contribution in [-0.2, 0) is 6.42 Å². The summed E-state index contributed by atoms with van der Waals surface area (Å²) in [5.41, 5.74) is 2.48. The zero-order valence-electron chi connectivity index (χ0n) is 9.71. The fourth-order valence-corrected chi connectivity index (χ4v) is 1.56. The molecule has 0 amide bonds. The van der Waals surface area contributed by atoms with Crippen molar-refractivity contribution < 1.29 is 0 Å². The number of benzene rings is 1. The standard InChI is InChI=1S/C13H19NS/c1-4-13(15)14-12-7-5-11(6-8-12)9-10(2)3/h5-8,10H,4,9H2,1-3H3,(H,14,15). The fraction of sp³-hybridized carbons (Fsp3) is 0.462. The van der Waals surface area contributed by atoms with Crippen molar-refractivity contribution in [3.05, 3.63) is 29.8 Å². The molecule has 0 spiro atoms. The van der Waals surface area contributed by atoms with Crippen LogP contribution in [0.3, 0.4) is 0 Å². The summed E-state index contributed by atoms with van der Waals surface area (Å²) in [6, 6.07) is 8.53. The van der Waals surface area contributed by atoms with E-state index in [1.54, 1.807) is 0 Å². The van der Waals surface area contributed by atoms with E-state index in [2.05, 4.69) is 50.4 Å². The molecule has 0 atom stereocenters. The lowest BCUT2D eigenvalue weighted by Gasteiger charge is -2.08. The summed E-state index contributed by atoms with van der Waals surface area (Å²) in [7, 11) is 0. The minimum Gasteiger partial charge on any atom is -0.350 e. The molecule has 0 aromatic heterocycles. The summed E-state index contributed by atoms with van der Waals surface area (Å²) in [5, 5.41) is 3.20.